The molecule has 0 amide bonds. The topological polar surface area (TPSA) is 37.3 Å². The van der Waals surface area contributed by atoms with E-state index in [9.17, 15) is 13.6 Å². The molecule has 2 nitrogen and oxygen atoms in total. The molecule has 2 rings (SSSR count). The summed E-state index contributed by atoms with van der Waals surface area (Å²) in [6.07, 6.45) is 0. The fraction of sp³-hybridized carbons (Fsp3) is 0.133. The first-order valence-electron chi connectivity index (χ1n) is 5.86. The third-order valence-corrected chi connectivity index (χ3v) is 3.60. The lowest BCUT2D eigenvalue weighted by atomic mass is 10.00. The average molecular weight is 294 g/mol. The van der Waals surface area contributed by atoms with E-state index in [0.717, 1.165) is 11.1 Å². The summed E-state index contributed by atoms with van der Waals surface area (Å²) in [5.74, 6) is -3.42. The Morgan fingerprint density at radius 2 is 1.70 bits per heavy atom. The lowest BCUT2D eigenvalue weighted by Gasteiger charge is -2.07. The smallest absolute Gasteiger partial charge is 0.335 e. The third-order valence-electron chi connectivity index (χ3n) is 2.88. The van der Waals surface area contributed by atoms with Crippen molar-refractivity contribution in [2.24, 2.45) is 0 Å². The van der Waals surface area contributed by atoms with Crippen molar-refractivity contribution >= 4 is 17.7 Å². The Kier molecular flexibility index (Phi) is 4.39. The van der Waals surface area contributed by atoms with Crippen molar-refractivity contribution in [1.29, 1.82) is 0 Å². The van der Waals surface area contributed by atoms with Crippen LogP contribution in [0.4, 0.5) is 8.78 Å². The van der Waals surface area contributed by atoms with Crippen molar-refractivity contribution in [3.63, 3.8) is 0 Å². The van der Waals surface area contributed by atoms with Gasteiger partial charge in [0, 0.05) is 4.90 Å². The van der Waals surface area contributed by atoms with Crippen molar-refractivity contribution in [3.05, 3.63) is 53.6 Å². The van der Waals surface area contributed by atoms with Crippen LogP contribution in [0.15, 0.2) is 47.4 Å². The van der Waals surface area contributed by atoms with Crippen molar-refractivity contribution in [3.8, 4) is 11.1 Å². The summed E-state index contributed by atoms with van der Waals surface area (Å²) in [4.78, 5) is 11.6. The van der Waals surface area contributed by atoms with Crippen LogP contribution in [0, 0.1) is 6.92 Å². The molecule has 0 heterocycles. The van der Waals surface area contributed by atoms with Crippen LogP contribution in [0.3, 0.4) is 0 Å². The molecule has 0 saturated heterocycles. The average Bonchev–Trinajstić information content (AvgIpc) is 2.39. The first-order valence-corrected chi connectivity index (χ1v) is 6.74. The van der Waals surface area contributed by atoms with Gasteiger partial charge in [-0.15, -0.1) is 0 Å². The summed E-state index contributed by atoms with van der Waals surface area (Å²) < 4.78 is 24.5. The maximum absolute atomic E-state index is 12.2. The van der Waals surface area contributed by atoms with E-state index in [4.69, 9.17) is 5.11 Å². The standard InChI is InChI=1S/C15H12F2O2S/c1-9-2-3-11(8-13(9)14(18)19)10-4-6-12(7-5-10)20-15(16)17/h2-8,15H,1H3,(H,18,19). The molecule has 0 atom stereocenters. The fourth-order valence-corrected chi connectivity index (χ4v) is 2.36. The number of alkyl halides is 2. The second-order valence-electron chi connectivity index (χ2n) is 4.24. The molecular formula is C15H12F2O2S. The molecule has 2 aromatic carbocycles. The highest BCUT2D eigenvalue weighted by Crippen LogP contribution is 2.28. The molecule has 0 fully saturated rings. The van der Waals surface area contributed by atoms with Crippen LogP contribution in [-0.2, 0) is 0 Å². The van der Waals surface area contributed by atoms with Gasteiger partial charge in [0.15, 0.2) is 0 Å². The molecule has 0 bridgehead atoms. The van der Waals surface area contributed by atoms with E-state index in [1.54, 1.807) is 43.3 Å². The number of carboxylic acid groups (broad SMARTS) is 1. The minimum Gasteiger partial charge on any atom is -0.478 e. The molecule has 0 aliphatic carbocycles. The van der Waals surface area contributed by atoms with Gasteiger partial charge in [-0.2, -0.15) is 8.78 Å². The zero-order chi connectivity index (χ0) is 14.7. The molecule has 104 valence electrons. The van der Waals surface area contributed by atoms with Gasteiger partial charge in [-0.25, -0.2) is 4.79 Å². The normalized spacial score (nSPS) is 10.8. The Morgan fingerprint density at radius 1 is 1.10 bits per heavy atom. The molecule has 0 unspecified atom stereocenters. The summed E-state index contributed by atoms with van der Waals surface area (Å²) in [6.45, 7) is 1.73. The van der Waals surface area contributed by atoms with Crippen molar-refractivity contribution in [1.82, 2.24) is 0 Å². The van der Waals surface area contributed by atoms with Crippen LogP contribution in [0.2, 0.25) is 0 Å². The molecule has 1 N–H and O–H groups in total. The molecule has 2 aromatic rings. The maximum Gasteiger partial charge on any atom is 0.335 e. The van der Waals surface area contributed by atoms with Gasteiger partial charge in [0.2, 0.25) is 0 Å². The van der Waals surface area contributed by atoms with Gasteiger partial charge in [-0.3, -0.25) is 0 Å². The number of thioether (sulfide) groups is 1. The molecule has 0 radical (unpaired) electrons. The minimum absolute atomic E-state index is 0.244. The molecule has 0 aliphatic rings. The number of rotatable bonds is 4. The Hall–Kier alpha value is -1.88. The Labute approximate surface area is 119 Å². The first kappa shape index (κ1) is 14.5. The van der Waals surface area contributed by atoms with Gasteiger partial charge in [0.05, 0.1) is 5.56 Å². The lowest BCUT2D eigenvalue weighted by Crippen LogP contribution is -1.99. The monoisotopic (exact) mass is 294 g/mol. The predicted molar refractivity (Wildman–Crippen MR) is 75.4 cm³/mol. The van der Waals surface area contributed by atoms with Gasteiger partial charge >= 0.3 is 5.97 Å². The Balaban J connectivity index is 2.32. The number of carbonyl (C=O) groups is 1. The quantitative estimate of drug-likeness (QED) is 0.832. The van der Waals surface area contributed by atoms with Crippen LogP contribution in [0.25, 0.3) is 11.1 Å². The molecule has 5 heteroatoms. The molecule has 0 spiro atoms. The Morgan fingerprint density at radius 3 is 2.25 bits per heavy atom. The summed E-state index contributed by atoms with van der Waals surface area (Å²) in [6, 6.07) is 11.8. The second-order valence-corrected chi connectivity index (χ2v) is 5.30. The molecule has 0 aliphatic heterocycles. The third kappa shape index (κ3) is 3.36. The van der Waals surface area contributed by atoms with Gasteiger partial charge in [0.25, 0.3) is 5.76 Å². The summed E-state index contributed by atoms with van der Waals surface area (Å²) in [7, 11) is 0. The molecular weight excluding hydrogens is 282 g/mol. The molecule has 0 saturated carbocycles. The van der Waals surface area contributed by atoms with E-state index in [2.05, 4.69) is 0 Å². The zero-order valence-corrected chi connectivity index (χ0v) is 11.5. The Bertz CT molecular complexity index is 624. The highest BCUT2D eigenvalue weighted by molar-refractivity contribution is 7.99. The van der Waals surface area contributed by atoms with E-state index in [1.165, 1.54) is 0 Å². The van der Waals surface area contributed by atoms with Crippen molar-refractivity contribution in [2.75, 3.05) is 0 Å². The lowest BCUT2D eigenvalue weighted by molar-refractivity contribution is 0.0696. The minimum atomic E-state index is -2.45. The fourth-order valence-electron chi connectivity index (χ4n) is 1.86. The number of hydrogen-bond acceptors (Lipinski definition) is 2. The van der Waals surface area contributed by atoms with Crippen LogP contribution in [0.5, 0.6) is 0 Å². The van der Waals surface area contributed by atoms with E-state index in [-0.39, 0.29) is 5.56 Å². The molecule has 0 aromatic heterocycles. The van der Waals surface area contributed by atoms with Crippen LogP contribution >= 0.6 is 11.8 Å². The van der Waals surface area contributed by atoms with Gasteiger partial charge in [0.1, 0.15) is 0 Å². The summed E-state index contributed by atoms with van der Waals surface area (Å²) in [5.41, 5.74) is 2.48. The van der Waals surface area contributed by atoms with Crippen LogP contribution < -0.4 is 0 Å². The number of aromatic carboxylic acids is 1. The van der Waals surface area contributed by atoms with E-state index < -0.39 is 11.7 Å². The van der Waals surface area contributed by atoms with Crippen molar-refractivity contribution < 1.29 is 18.7 Å². The van der Waals surface area contributed by atoms with Gasteiger partial charge < -0.3 is 5.11 Å². The van der Waals surface area contributed by atoms with Gasteiger partial charge in [-0.05, 0) is 41.8 Å². The SMILES string of the molecule is Cc1ccc(-c2ccc(SC(F)F)cc2)cc1C(=O)O. The zero-order valence-electron chi connectivity index (χ0n) is 10.6. The van der Waals surface area contributed by atoms with Crippen molar-refractivity contribution in [2.45, 2.75) is 17.6 Å². The summed E-state index contributed by atoms with van der Waals surface area (Å²) in [5, 5.41) is 9.09. The summed E-state index contributed by atoms with van der Waals surface area (Å²) >= 11 is 0.485. The van der Waals surface area contributed by atoms with Crippen LogP contribution in [0.1, 0.15) is 15.9 Å². The van der Waals surface area contributed by atoms with E-state index in [0.29, 0.717) is 22.2 Å². The highest BCUT2D eigenvalue weighted by Gasteiger charge is 2.09. The first-order chi connectivity index (χ1) is 9.47. The van der Waals surface area contributed by atoms with Gasteiger partial charge in [-0.1, -0.05) is 36.0 Å². The number of halogens is 2. The number of benzene rings is 2. The highest BCUT2D eigenvalue weighted by atomic mass is 32.2. The van der Waals surface area contributed by atoms with E-state index in [1.807, 2.05) is 6.07 Å². The number of carboxylic acids is 1. The number of hydrogen-bond donors (Lipinski definition) is 1. The second kappa shape index (κ2) is 6.05. The van der Waals surface area contributed by atoms with E-state index >= 15 is 0 Å². The van der Waals surface area contributed by atoms with Crippen LogP contribution in [-0.4, -0.2) is 16.8 Å². The molecule has 20 heavy (non-hydrogen) atoms. The predicted octanol–water partition coefficient (Wildman–Crippen LogP) is 4.67. The largest absolute Gasteiger partial charge is 0.478 e. The maximum atomic E-state index is 12.2. The number of aryl methyl sites for hydroxylation is 1.